The van der Waals surface area contributed by atoms with Gasteiger partial charge in [0, 0.05) is 12.6 Å². The van der Waals surface area contributed by atoms with Gasteiger partial charge in [-0.1, -0.05) is 0 Å². The van der Waals surface area contributed by atoms with Crippen molar-refractivity contribution in [2.24, 2.45) is 5.14 Å². The average molecular weight is 224 g/mol. The van der Waals surface area contributed by atoms with Crippen molar-refractivity contribution >= 4 is 10.0 Å². The minimum atomic E-state index is -3.31. The monoisotopic (exact) mass is 224 g/mol. The molecule has 0 aromatic rings. The zero-order valence-electron chi connectivity index (χ0n) is 8.82. The predicted molar refractivity (Wildman–Crippen MR) is 56.5 cm³/mol. The zero-order valence-corrected chi connectivity index (χ0v) is 9.64. The third kappa shape index (κ3) is 9.91. The van der Waals surface area contributed by atoms with E-state index in [1.54, 1.807) is 0 Å². The Morgan fingerprint density at radius 1 is 1.50 bits per heavy atom. The molecule has 0 amide bonds. The SMILES string of the molecule is CCOCC(C)NCCCS(N)(=O)=O. The number of hydrogen-bond acceptors (Lipinski definition) is 4. The molecule has 0 spiro atoms. The van der Waals surface area contributed by atoms with Gasteiger partial charge in [0.1, 0.15) is 0 Å². The van der Waals surface area contributed by atoms with Crippen molar-refractivity contribution in [1.82, 2.24) is 5.32 Å². The summed E-state index contributed by atoms with van der Waals surface area (Å²) >= 11 is 0. The van der Waals surface area contributed by atoms with Crippen LogP contribution in [0, 0.1) is 0 Å². The quantitative estimate of drug-likeness (QED) is 0.554. The third-order valence-electron chi connectivity index (χ3n) is 1.67. The van der Waals surface area contributed by atoms with Gasteiger partial charge in [-0.3, -0.25) is 0 Å². The highest BCUT2D eigenvalue weighted by Gasteiger charge is 2.03. The second-order valence-corrected chi connectivity index (χ2v) is 4.97. The van der Waals surface area contributed by atoms with Crippen molar-refractivity contribution < 1.29 is 13.2 Å². The van der Waals surface area contributed by atoms with Crippen molar-refractivity contribution in [3.05, 3.63) is 0 Å². The van der Waals surface area contributed by atoms with Crippen molar-refractivity contribution in [3.8, 4) is 0 Å². The number of hydrogen-bond donors (Lipinski definition) is 2. The van der Waals surface area contributed by atoms with Crippen molar-refractivity contribution in [1.29, 1.82) is 0 Å². The van der Waals surface area contributed by atoms with E-state index in [4.69, 9.17) is 9.88 Å². The van der Waals surface area contributed by atoms with E-state index < -0.39 is 10.0 Å². The van der Waals surface area contributed by atoms with Crippen LogP contribution in [0.15, 0.2) is 0 Å². The molecule has 0 heterocycles. The second-order valence-electron chi connectivity index (χ2n) is 3.24. The fourth-order valence-corrected chi connectivity index (χ4v) is 1.52. The van der Waals surface area contributed by atoms with Crippen LogP contribution in [0.25, 0.3) is 0 Å². The van der Waals surface area contributed by atoms with Crippen LogP contribution in [0.5, 0.6) is 0 Å². The van der Waals surface area contributed by atoms with E-state index in [-0.39, 0.29) is 11.8 Å². The van der Waals surface area contributed by atoms with Gasteiger partial charge in [-0.05, 0) is 26.8 Å². The number of rotatable bonds is 8. The Bertz CT molecular complexity index is 229. The van der Waals surface area contributed by atoms with Gasteiger partial charge in [0.2, 0.25) is 10.0 Å². The Kier molecular flexibility index (Phi) is 7.08. The Labute approximate surface area is 86.1 Å². The molecule has 0 bridgehead atoms. The lowest BCUT2D eigenvalue weighted by Gasteiger charge is -2.12. The molecule has 0 fully saturated rings. The van der Waals surface area contributed by atoms with Crippen LogP contribution in [0.3, 0.4) is 0 Å². The fraction of sp³-hybridized carbons (Fsp3) is 1.00. The minimum Gasteiger partial charge on any atom is -0.380 e. The van der Waals surface area contributed by atoms with Gasteiger partial charge in [0.15, 0.2) is 0 Å². The normalized spacial score (nSPS) is 14.2. The highest BCUT2D eigenvalue weighted by Crippen LogP contribution is 1.87. The Morgan fingerprint density at radius 3 is 2.64 bits per heavy atom. The molecule has 0 rings (SSSR count). The Balaban J connectivity index is 3.36. The molecule has 3 N–H and O–H groups in total. The highest BCUT2D eigenvalue weighted by atomic mass is 32.2. The van der Waals surface area contributed by atoms with Gasteiger partial charge in [-0.15, -0.1) is 0 Å². The summed E-state index contributed by atoms with van der Waals surface area (Å²) in [6.07, 6.45) is 0.537. The Hall–Kier alpha value is -0.170. The number of nitrogens with one attached hydrogen (secondary N) is 1. The molecular weight excluding hydrogens is 204 g/mol. The summed E-state index contributed by atoms with van der Waals surface area (Å²) in [7, 11) is -3.31. The molecule has 1 unspecified atom stereocenters. The summed E-state index contributed by atoms with van der Waals surface area (Å²) in [5.74, 6) is 0.0291. The van der Waals surface area contributed by atoms with E-state index >= 15 is 0 Å². The van der Waals surface area contributed by atoms with Crippen LogP contribution >= 0.6 is 0 Å². The molecule has 0 radical (unpaired) electrons. The summed E-state index contributed by atoms with van der Waals surface area (Å²) in [5, 5.41) is 8.00. The van der Waals surface area contributed by atoms with Gasteiger partial charge in [-0.25, -0.2) is 13.6 Å². The summed E-state index contributed by atoms with van der Waals surface area (Å²) < 4.78 is 26.3. The van der Waals surface area contributed by atoms with Gasteiger partial charge < -0.3 is 10.1 Å². The zero-order chi connectivity index (χ0) is 11.0. The maximum Gasteiger partial charge on any atom is 0.209 e. The smallest absolute Gasteiger partial charge is 0.209 e. The third-order valence-corrected chi connectivity index (χ3v) is 2.53. The first-order valence-electron chi connectivity index (χ1n) is 4.77. The summed E-state index contributed by atoms with van der Waals surface area (Å²) in [4.78, 5) is 0. The molecule has 0 aromatic heterocycles. The lowest BCUT2D eigenvalue weighted by atomic mass is 10.3. The molecule has 0 saturated heterocycles. The Morgan fingerprint density at radius 2 is 2.14 bits per heavy atom. The van der Waals surface area contributed by atoms with Crippen LogP contribution in [-0.4, -0.2) is 40.0 Å². The van der Waals surface area contributed by atoms with Crippen molar-refractivity contribution in [2.45, 2.75) is 26.3 Å². The summed E-state index contributed by atoms with van der Waals surface area (Å²) in [6.45, 7) is 5.92. The molecular formula is C8H20N2O3S. The molecule has 86 valence electrons. The number of primary sulfonamides is 1. The van der Waals surface area contributed by atoms with E-state index in [1.807, 2.05) is 13.8 Å². The maximum absolute atomic E-state index is 10.6. The van der Waals surface area contributed by atoms with Crippen LogP contribution in [0.4, 0.5) is 0 Å². The number of nitrogens with two attached hydrogens (primary N) is 1. The molecule has 0 aliphatic carbocycles. The van der Waals surface area contributed by atoms with Crippen molar-refractivity contribution in [3.63, 3.8) is 0 Å². The standard InChI is InChI=1S/C8H20N2O3S/c1-3-13-7-8(2)10-5-4-6-14(9,11)12/h8,10H,3-7H2,1-2H3,(H2,9,11,12). The van der Waals surface area contributed by atoms with Crippen LogP contribution in [0.2, 0.25) is 0 Å². The minimum absolute atomic E-state index is 0.0291. The van der Waals surface area contributed by atoms with E-state index in [0.29, 0.717) is 26.2 Å². The highest BCUT2D eigenvalue weighted by molar-refractivity contribution is 7.89. The largest absolute Gasteiger partial charge is 0.380 e. The van der Waals surface area contributed by atoms with Crippen LogP contribution in [0.1, 0.15) is 20.3 Å². The van der Waals surface area contributed by atoms with Gasteiger partial charge in [0.05, 0.1) is 12.4 Å². The lowest BCUT2D eigenvalue weighted by molar-refractivity contribution is 0.127. The summed E-state index contributed by atoms with van der Waals surface area (Å²) in [6, 6.07) is 0.246. The van der Waals surface area contributed by atoms with Gasteiger partial charge in [-0.2, -0.15) is 0 Å². The fourth-order valence-electron chi connectivity index (χ4n) is 0.975. The molecule has 6 heteroatoms. The molecule has 0 saturated carbocycles. The molecule has 5 nitrogen and oxygen atoms in total. The van der Waals surface area contributed by atoms with Crippen LogP contribution in [-0.2, 0) is 14.8 Å². The first kappa shape index (κ1) is 13.8. The average Bonchev–Trinajstić information content (AvgIpc) is 2.07. The molecule has 0 aliphatic rings. The maximum atomic E-state index is 10.6. The molecule has 14 heavy (non-hydrogen) atoms. The predicted octanol–water partition coefficient (Wildman–Crippen LogP) is -0.320. The van der Waals surface area contributed by atoms with E-state index in [0.717, 1.165) is 0 Å². The van der Waals surface area contributed by atoms with Gasteiger partial charge in [0.25, 0.3) is 0 Å². The number of sulfonamides is 1. The van der Waals surface area contributed by atoms with E-state index in [9.17, 15) is 8.42 Å². The lowest BCUT2D eigenvalue weighted by Crippen LogP contribution is -2.32. The van der Waals surface area contributed by atoms with Gasteiger partial charge >= 0.3 is 0 Å². The molecule has 1 atom stereocenters. The second kappa shape index (κ2) is 7.17. The first-order valence-corrected chi connectivity index (χ1v) is 6.49. The summed E-state index contributed by atoms with van der Waals surface area (Å²) in [5.41, 5.74) is 0. The molecule has 0 aliphatic heterocycles. The van der Waals surface area contributed by atoms with Crippen LogP contribution < -0.4 is 10.5 Å². The van der Waals surface area contributed by atoms with E-state index in [1.165, 1.54) is 0 Å². The topological polar surface area (TPSA) is 81.4 Å². The molecule has 0 aromatic carbocycles. The van der Waals surface area contributed by atoms with E-state index in [2.05, 4.69) is 5.32 Å². The first-order chi connectivity index (χ1) is 6.45. The van der Waals surface area contributed by atoms with Crippen molar-refractivity contribution in [2.75, 3.05) is 25.5 Å². The number of ether oxygens (including phenoxy) is 1.